The van der Waals surface area contributed by atoms with Crippen molar-refractivity contribution in [2.24, 2.45) is 5.73 Å². The van der Waals surface area contributed by atoms with Crippen LogP contribution in [0, 0.1) is 0 Å². The molecule has 0 aliphatic rings. The van der Waals surface area contributed by atoms with Crippen LogP contribution in [0.4, 0.5) is 0 Å². The van der Waals surface area contributed by atoms with E-state index in [-0.39, 0.29) is 37.2 Å². The number of aliphatic carboxylic acids is 3. The van der Waals surface area contributed by atoms with Gasteiger partial charge in [0.1, 0.15) is 24.2 Å². The van der Waals surface area contributed by atoms with Gasteiger partial charge < -0.3 is 37.0 Å². The molecule has 0 aromatic carbocycles. The smallest absolute Gasteiger partial charge is 0.327 e. The zero-order valence-electron chi connectivity index (χ0n) is 20.5. The number of carboxylic acid groups (broad SMARTS) is 3. The number of carbonyl (C=O) groups is 6. The highest BCUT2D eigenvalue weighted by Gasteiger charge is 2.28. The number of carbonyl (C=O) groups excluding carboxylic acids is 3. The number of nitrogens with two attached hydrogens (primary N) is 1. The van der Waals surface area contributed by atoms with Crippen LogP contribution in [-0.2, 0) is 28.8 Å². The van der Waals surface area contributed by atoms with Gasteiger partial charge in [-0.15, -0.1) is 23.5 Å². The van der Waals surface area contributed by atoms with Crippen LogP contribution in [0.2, 0.25) is 0 Å². The van der Waals surface area contributed by atoms with Crippen molar-refractivity contribution in [2.75, 3.05) is 11.5 Å². The molecule has 0 aliphatic heterocycles. The van der Waals surface area contributed by atoms with E-state index in [4.69, 9.17) is 10.8 Å². The fraction of sp³-hybridized carbons (Fsp3) is 0.545. The van der Waals surface area contributed by atoms with Crippen LogP contribution in [0.3, 0.4) is 0 Å². The fourth-order valence-electron chi connectivity index (χ4n) is 2.60. The van der Waals surface area contributed by atoms with Crippen molar-refractivity contribution in [1.29, 1.82) is 0 Å². The number of rotatable bonds is 19. The molecule has 0 saturated carbocycles. The second-order valence-corrected chi connectivity index (χ2v) is 9.48. The van der Waals surface area contributed by atoms with Crippen molar-refractivity contribution >= 4 is 59.2 Å². The van der Waals surface area contributed by atoms with E-state index in [0.29, 0.717) is 0 Å². The number of hydrogen-bond donors (Lipinski definition) is 7. The summed E-state index contributed by atoms with van der Waals surface area (Å²) in [6, 6.07) is -5.06. The first kappa shape index (κ1) is 34.0. The maximum atomic E-state index is 12.8. The van der Waals surface area contributed by atoms with Gasteiger partial charge in [-0.05, 0) is 37.5 Å². The summed E-state index contributed by atoms with van der Waals surface area (Å²) in [4.78, 5) is 71.0. The predicted molar refractivity (Wildman–Crippen MR) is 140 cm³/mol. The minimum Gasteiger partial charge on any atom is -0.480 e. The van der Waals surface area contributed by atoms with E-state index in [1.165, 1.54) is 23.5 Å². The zero-order chi connectivity index (χ0) is 28.4. The van der Waals surface area contributed by atoms with E-state index in [9.17, 15) is 39.0 Å². The summed E-state index contributed by atoms with van der Waals surface area (Å²) in [5.74, 6) is -5.95. The monoisotopic (exact) mass is 562 g/mol. The molecule has 208 valence electrons. The van der Waals surface area contributed by atoms with Gasteiger partial charge >= 0.3 is 17.9 Å². The van der Waals surface area contributed by atoms with E-state index in [1.54, 1.807) is 36.8 Å². The summed E-state index contributed by atoms with van der Waals surface area (Å²) in [7, 11) is 0. The molecule has 0 radical (unpaired) electrons. The molecule has 0 saturated heterocycles. The molecule has 0 heterocycles. The number of thioether (sulfide) groups is 2. The summed E-state index contributed by atoms with van der Waals surface area (Å²) in [5.41, 5.74) is 5.38. The second kappa shape index (κ2) is 19.1. The van der Waals surface area contributed by atoms with E-state index in [2.05, 4.69) is 16.0 Å². The molecule has 0 unspecified atom stereocenters. The molecule has 0 spiro atoms. The normalized spacial score (nSPS) is 14.5. The van der Waals surface area contributed by atoms with Gasteiger partial charge in [0.15, 0.2) is 0 Å². The van der Waals surface area contributed by atoms with Crippen LogP contribution in [0.15, 0.2) is 23.0 Å². The number of nitrogens with one attached hydrogen (secondary N) is 3. The molecular formula is C22H34N4O9S2. The summed E-state index contributed by atoms with van der Waals surface area (Å²) in [6.45, 7) is 3.50. The molecule has 37 heavy (non-hydrogen) atoms. The van der Waals surface area contributed by atoms with Crippen molar-refractivity contribution in [2.45, 2.75) is 63.7 Å². The first-order valence-corrected chi connectivity index (χ1v) is 13.3. The van der Waals surface area contributed by atoms with Gasteiger partial charge in [-0.1, -0.05) is 12.2 Å². The Balaban J connectivity index is 5.13. The van der Waals surface area contributed by atoms with Gasteiger partial charge in [0.25, 0.3) is 0 Å². The van der Waals surface area contributed by atoms with Crippen LogP contribution in [-0.4, -0.2) is 86.6 Å². The lowest BCUT2D eigenvalue weighted by Gasteiger charge is -2.21. The molecule has 8 N–H and O–H groups in total. The van der Waals surface area contributed by atoms with E-state index in [0.717, 1.165) is 0 Å². The second-order valence-electron chi connectivity index (χ2n) is 7.61. The predicted octanol–water partition coefficient (Wildman–Crippen LogP) is 0.116. The fourth-order valence-corrected chi connectivity index (χ4v) is 4.05. The van der Waals surface area contributed by atoms with E-state index in [1.807, 2.05) is 0 Å². The lowest BCUT2D eigenvalue weighted by Crippen LogP contribution is -2.53. The maximum absolute atomic E-state index is 12.8. The Morgan fingerprint density at radius 1 is 0.703 bits per heavy atom. The first-order valence-electron chi connectivity index (χ1n) is 11.2. The van der Waals surface area contributed by atoms with Crippen molar-refractivity contribution in [1.82, 2.24) is 16.0 Å². The van der Waals surface area contributed by atoms with Gasteiger partial charge in [-0.3, -0.25) is 19.2 Å². The van der Waals surface area contributed by atoms with Crippen molar-refractivity contribution in [3.8, 4) is 0 Å². The molecule has 13 nitrogen and oxygen atoms in total. The van der Waals surface area contributed by atoms with Crippen LogP contribution in [0.5, 0.6) is 0 Å². The third-order valence-electron chi connectivity index (χ3n) is 4.55. The summed E-state index contributed by atoms with van der Waals surface area (Å²) >= 11 is 2.37. The number of amides is 3. The van der Waals surface area contributed by atoms with E-state index >= 15 is 0 Å². The van der Waals surface area contributed by atoms with Gasteiger partial charge in [-0.2, -0.15) is 0 Å². The van der Waals surface area contributed by atoms with Crippen LogP contribution >= 0.6 is 23.5 Å². The van der Waals surface area contributed by atoms with Crippen molar-refractivity contribution in [3.63, 3.8) is 0 Å². The summed E-state index contributed by atoms with van der Waals surface area (Å²) in [5, 5.41) is 37.9. The van der Waals surface area contributed by atoms with E-state index < -0.39 is 59.8 Å². The lowest BCUT2D eigenvalue weighted by molar-refractivity contribution is -0.143. The molecule has 0 aromatic heterocycles. The van der Waals surface area contributed by atoms with Gasteiger partial charge in [0.05, 0.1) is 0 Å². The Hall–Kier alpha value is -3.04. The molecular weight excluding hydrogens is 528 g/mol. The Morgan fingerprint density at radius 3 is 1.62 bits per heavy atom. The third-order valence-corrected chi connectivity index (χ3v) is 6.53. The van der Waals surface area contributed by atoms with Gasteiger partial charge in [0, 0.05) is 24.3 Å². The number of allylic oxidation sites excluding steroid dienone is 2. The topological polar surface area (TPSA) is 225 Å². The molecule has 4 atom stereocenters. The minimum absolute atomic E-state index is 0.0594. The third kappa shape index (κ3) is 15.6. The lowest BCUT2D eigenvalue weighted by atomic mass is 10.1. The van der Waals surface area contributed by atoms with Crippen LogP contribution < -0.4 is 21.7 Å². The minimum atomic E-state index is -1.48. The molecule has 3 amide bonds. The van der Waals surface area contributed by atoms with Gasteiger partial charge in [-0.25, -0.2) is 9.59 Å². The van der Waals surface area contributed by atoms with Gasteiger partial charge in [0.2, 0.25) is 17.7 Å². The highest BCUT2D eigenvalue weighted by Crippen LogP contribution is 2.09. The van der Waals surface area contributed by atoms with Crippen LogP contribution in [0.25, 0.3) is 0 Å². The average molecular weight is 563 g/mol. The standard InChI is InChI=1S/C22H34N4O9S2/c1-3-9-36-11-15(24-17(27)7-5-13(23)20(30)31)19(29)26-14(21(32)33)6-8-18(28)25-16(22(34)35)12-37-10-4-2/h3-4,9-10,13-16H,5-8,11-12,23H2,1-2H3,(H,24,27)(H,25,28)(H,26,29)(H,30,31)(H,32,33)(H,34,35)/t13-,14-,15-,16-/m0/s1. The largest absolute Gasteiger partial charge is 0.480 e. The van der Waals surface area contributed by atoms with Crippen LogP contribution in [0.1, 0.15) is 39.5 Å². The SMILES string of the molecule is CC=CSC[C@H](NC(=O)CC[C@H](NC(=O)[C@H](CSC=CC)NC(=O)CC[C@H](N)C(=O)O)C(=O)O)C(=O)O. The maximum Gasteiger partial charge on any atom is 0.327 e. The molecule has 0 aromatic rings. The average Bonchev–Trinajstić information content (AvgIpc) is 2.83. The van der Waals surface area contributed by atoms with Crippen molar-refractivity contribution < 1.29 is 44.1 Å². The summed E-state index contributed by atoms with van der Waals surface area (Å²) in [6.07, 6.45) is 2.31. The molecule has 0 bridgehead atoms. The first-order chi connectivity index (χ1) is 17.4. The Morgan fingerprint density at radius 2 is 1.16 bits per heavy atom. The Kier molecular flexibility index (Phi) is 17.6. The highest BCUT2D eigenvalue weighted by atomic mass is 32.2. The summed E-state index contributed by atoms with van der Waals surface area (Å²) < 4.78 is 0. The molecule has 15 heteroatoms. The molecule has 0 rings (SSSR count). The molecule has 0 fully saturated rings. The Labute approximate surface area is 223 Å². The number of hydrogen-bond acceptors (Lipinski definition) is 9. The Bertz CT molecular complexity index is 867. The number of carboxylic acids is 3. The zero-order valence-corrected chi connectivity index (χ0v) is 22.2. The molecule has 0 aliphatic carbocycles. The van der Waals surface area contributed by atoms with Crippen molar-refractivity contribution in [3.05, 3.63) is 23.0 Å². The quantitative estimate of drug-likeness (QED) is 0.111. The highest BCUT2D eigenvalue weighted by molar-refractivity contribution is 8.02.